The van der Waals surface area contributed by atoms with E-state index in [-0.39, 0.29) is 5.43 Å². The minimum absolute atomic E-state index is 0.163. The first-order valence-electron chi connectivity index (χ1n) is 10.3. The predicted octanol–water partition coefficient (Wildman–Crippen LogP) is 4.67. The van der Waals surface area contributed by atoms with Gasteiger partial charge >= 0.3 is 0 Å². The summed E-state index contributed by atoms with van der Waals surface area (Å²) in [5.41, 5.74) is 3.08. The summed E-state index contributed by atoms with van der Waals surface area (Å²) in [4.78, 5) is 15.0. The SMILES string of the molecule is COc1cc(OC)c2c(=O)cc(-c3cc(C)c(OC[C@H](C)CN(C)C)c(C)c3)oc2c1. The van der Waals surface area contributed by atoms with Gasteiger partial charge in [-0.3, -0.25) is 4.79 Å². The van der Waals surface area contributed by atoms with Crippen LogP contribution in [0.1, 0.15) is 18.1 Å². The van der Waals surface area contributed by atoms with Crippen molar-refractivity contribution >= 4 is 11.0 Å². The van der Waals surface area contributed by atoms with Crippen LogP contribution in [0.4, 0.5) is 0 Å². The van der Waals surface area contributed by atoms with E-state index in [1.807, 2.05) is 26.0 Å². The third kappa shape index (κ3) is 5.02. The fourth-order valence-corrected chi connectivity index (χ4v) is 3.87. The van der Waals surface area contributed by atoms with Crippen molar-refractivity contribution in [3.8, 4) is 28.6 Å². The molecule has 0 radical (unpaired) electrons. The zero-order valence-electron chi connectivity index (χ0n) is 19.4. The first kappa shape index (κ1) is 22.7. The van der Waals surface area contributed by atoms with E-state index in [4.69, 9.17) is 18.6 Å². The lowest BCUT2D eigenvalue weighted by atomic mass is 10.0. The molecule has 6 nitrogen and oxygen atoms in total. The highest BCUT2D eigenvalue weighted by Gasteiger charge is 2.16. The molecule has 1 heterocycles. The standard InChI is InChI=1S/C25H31NO5/c1-15(13-26(4)5)14-30-25-16(2)8-18(9-17(25)3)21-12-20(27)24-22(29-7)10-19(28-6)11-23(24)31-21/h8-12,15H,13-14H2,1-7H3/t15-/m1/s1. The summed E-state index contributed by atoms with van der Waals surface area (Å²) in [6.45, 7) is 7.79. The first-order valence-corrected chi connectivity index (χ1v) is 10.3. The molecule has 0 N–H and O–H groups in total. The summed E-state index contributed by atoms with van der Waals surface area (Å²) < 4.78 is 22.9. The summed E-state index contributed by atoms with van der Waals surface area (Å²) in [7, 11) is 7.20. The van der Waals surface area contributed by atoms with Crippen molar-refractivity contribution in [3.05, 3.63) is 51.7 Å². The van der Waals surface area contributed by atoms with Crippen LogP contribution in [0.2, 0.25) is 0 Å². The molecular formula is C25H31NO5. The van der Waals surface area contributed by atoms with Crippen LogP contribution in [0, 0.1) is 19.8 Å². The number of ether oxygens (including phenoxy) is 3. The summed E-state index contributed by atoms with van der Waals surface area (Å²) in [6, 6.07) is 8.86. The molecule has 0 aliphatic rings. The number of methoxy groups -OCH3 is 2. The van der Waals surface area contributed by atoms with E-state index in [1.165, 1.54) is 13.2 Å². The van der Waals surface area contributed by atoms with Gasteiger partial charge < -0.3 is 23.5 Å². The molecule has 31 heavy (non-hydrogen) atoms. The number of fused-ring (bicyclic) bond motifs is 1. The molecule has 0 amide bonds. The number of aryl methyl sites for hydroxylation is 2. The predicted molar refractivity (Wildman–Crippen MR) is 124 cm³/mol. The summed E-state index contributed by atoms with van der Waals surface area (Å²) in [5, 5.41) is 0.398. The maximum Gasteiger partial charge on any atom is 0.197 e. The quantitative estimate of drug-likeness (QED) is 0.523. The summed E-state index contributed by atoms with van der Waals surface area (Å²) >= 11 is 0. The third-order valence-corrected chi connectivity index (χ3v) is 5.16. The van der Waals surface area contributed by atoms with Crippen molar-refractivity contribution in [1.82, 2.24) is 4.90 Å². The molecule has 0 fully saturated rings. The monoisotopic (exact) mass is 425 g/mol. The van der Waals surface area contributed by atoms with Crippen molar-refractivity contribution < 1.29 is 18.6 Å². The zero-order chi connectivity index (χ0) is 22.7. The van der Waals surface area contributed by atoms with Gasteiger partial charge in [0.05, 0.1) is 20.8 Å². The van der Waals surface area contributed by atoms with E-state index < -0.39 is 0 Å². The molecule has 0 aliphatic carbocycles. The number of nitrogens with zero attached hydrogens (tertiary/aromatic N) is 1. The number of hydrogen-bond acceptors (Lipinski definition) is 6. The Balaban J connectivity index is 1.98. The van der Waals surface area contributed by atoms with Gasteiger partial charge in [-0.05, 0) is 51.2 Å². The molecule has 166 valence electrons. The second-order valence-corrected chi connectivity index (χ2v) is 8.30. The lowest BCUT2D eigenvalue weighted by Gasteiger charge is -2.19. The highest BCUT2D eigenvalue weighted by atomic mass is 16.5. The van der Waals surface area contributed by atoms with Crippen LogP contribution in [-0.2, 0) is 0 Å². The Hall–Kier alpha value is -2.99. The van der Waals surface area contributed by atoms with Gasteiger partial charge in [0.15, 0.2) is 5.43 Å². The Morgan fingerprint density at radius 2 is 1.68 bits per heavy atom. The van der Waals surface area contributed by atoms with E-state index in [2.05, 4.69) is 25.9 Å². The number of hydrogen-bond donors (Lipinski definition) is 0. The van der Waals surface area contributed by atoms with Crippen LogP contribution in [0.3, 0.4) is 0 Å². The molecule has 3 aromatic rings. The molecule has 0 saturated heterocycles. The van der Waals surface area contributed by atoms with Crippen LogP contribution >= 0.6 is 0 Å². The van der Waals surface area contributed by atoms with Gasteiger partial charge in [0.2, 0.25) is 0 Å². The average molecular weight is 426 g/mol. The third-order valence-electron chi connectivity index (χ3n) is 5.16. The van der Waals surface area contributed by atoms with Gasteiger partial charge in [0.25, 0.3) is 0 Å². The van der Waals surface area contributed by atoms with E-state index in [0.717, 1.165) is 29.0 Å². The Labute approximate surface area is 183 Å². The van der Waals surface area contributed by atoms with Crippen LogP contribution in [-0.4, -0.2) is 46.4 Å². The lowest BCUT2D eigenvalue weighted by Crippen LogP contribution is -2.24. The minimum atomic E-state index is -0.163. The summed E-state index contributed by atoms with van der Waals surface area (Å²) in [5.74, 6) is 2.77. The topological polar surface area (TPSA) is 61.1 Å². The van der Waals surface area contributed by atoms with Crippen molar-refractivity contribution in [2.24, 2.45) is 5.92 Å². The molecule has 0 saturated carbocycles. The van der Waals surface area contributed by atoms with Gasteiger partial charge in [0.1, 0.15) is 34.0 Å². The average Bonchev–Trinajstić information content (AvgIpc) is 2.71. The Morgan fingerprint density at radius 1 is 1.00 bits per heavy atom. The van der Waals surface area contributed by atoms with Crippen LogP contribution < -0.4 is 19.6 Å². The fraction of sp³-hybridized carbons (Fsp3) is 0.400. The highest BCUT2D eigenvalue weighted by Crippen LogP contribution is 2.34. The van der Waals surface area contributed by atoms with E-state index >= 15 is 0 Å². The van der Waals surface area contributed by atoms with Gasteiger partial charge in [-0.15, -0.1) is 0 Å². The van der Waals surface area contributed by atoms with Gasteiger partial charge in [0, 0.05) is 36.2 Å². The Kier molecular flexibility index (Phi) is 6.91. The fourth-order valence-electron chi connectivity index (χ4n) is 3.87. The van der Waals surface area contributed by atoms with E-state index in [9.17, 15) is 4.79 Å². The van der Waals surface area contributed by atoms with Gasteiger partial charge in [-0.1, -0.05) is 6.92 Å². The van der Waals surface area contributed by atoms with Crippen molar-refractivity contribution in [3.63, 3.8) is 0 Å². The van der Waals surface area contributed by atoms with Crippen molar-refractivity contribution in [2.45, 2.75) is 20.8 Å². The van der Waals surface area contributed by atoms with Crippen molar-refractivity contribution in [2.75, 3.05) is 41.5 Å². The smallest absolute Gasteiger partial charge is 0.197 e. The molecule has 0 unspecified atom stereocenters. The minimum Gasteiger partial charge on any atom is -0.496 e. The van der Waals surface area contributed by atoms with E-state index in [1.54, 1.807) is 19.2 Å². The second-order valence-electron chi connectivity index (χ2n) is 8.30. The Morgan fingerprint density at radius 3 is 2.26 bits per heavy atom. The van der Waals surface area contributed by atoms with E-state index in [0.29, 0.717) is 40.8 Å². The number of benzene rings is 2. The molecule has 0 spiro atoms. The molecule has 1 aromatic heterocycles. The van der Waals surface area contributed by atoms with Gasteiger partial charge in [-0.25, -0.2) is 0 Å². The molecule has 3 rings (SSSR count). The van der Waals surface area contributed by atoms with Crippen LogP contribution in [0.25, 0.3) is 22.3 Å². The highest BCUT2D eigenvalue weighted by molar-refractivity contribution is 5.86. The lowest BCUT2D eigenvalue weighted by molar-refractivity contribution is 0.220. The first-order chi connectivity index (χ1) is 14.7. The summed E-state index contributed by atoms with van der Waals surface area (Å²) in [6.07, 6.45) is 0. The molecule has 2 aromatic carbocycles. The maximum absolute atomic E-state index is 12.8. The molecule has 6 heteroatoms. The molecule has 1 atom stereocenters. The maximum atomic E-state index is 12.8. The molecule has 0 aliphatic heterocycles. The normalized spacial score (nSPS) is 12.3. The van der Waals surface area contributed by atoms with Crippen LogP contribution in [0.5, 0.6) is 17.2 Å². The zero-order valence-corrected chi connectivity index (χ0v) is 19.4. The largest absolute Gasteiger partial charge is 0.496 e. The van der Waals surface area contributed by atoms with Gasteiger partial charge in [-0.2, -0.15) is 0 Å². The van der Waals surface area contributed by atoms with Crippen LogP contribution in [0.15, 0.2) is 39.5 Å². The van der Waals surface area contributed by atoms with Crippen molar-refractivity contribution in [1.29, 1.82) is 0 Å². The second kappa shape index (κ2) is 9.43. The molecule has 0 bridgehead atoms. The Bertz CT molecular complexity index is 1110. The molecular weight excluding hydrogens is 394 g/mol. The number of rotatable bonds is 8.